The van der Waals surface area contributed by atoms with Gasteiger partial charge in [0.05, 0.1) is 18.8 Å². The van der Waals surface area contributed by atoms with Crippen LogP contribution in [0.3, 0.4) is 0 Å². The molecule has 0 radical (unpaired) electrons. The maximum atomic E-state index is 12.2. The van der Waals surface area contributed by atoms with Crippen molar-refractivity contribution in [2.45, 2.75) is 13.0 Å². The van der Waals surface area contributed by atoms with Gasteiger partial charge in [-0.2, -0.15) is 0 Å². The van der Waals surface area contributed by atoms with E-state index in [0.29, 0.717) is 37.7 Å². The Morgan fingerprint density at radius 3 is 2.65 bits per heavy atom. The highest BCUT2D eigenvalue weighted by Gasteiger charge is 2.22. The van der Waals surface area contributed by atoms with Crippen molar-refractivity contribution in [3.63, 3.8) is 0 Å². The Kier molecular flexibility index (Phi) is 4.52. The van der Waals surface area contributed by atoms with Crippen molar-refractivity contribution in [2.75, 3.05) is 31.6 Å². The SMILES string of the molecule is CC(Nc1ccc(C(N)=O)cn1)C(=O)N1CCOCC1. The summed E-state index contributed by atoms with van der Waals surface area (Å²) in [6, 6.07) is 2.81. The quantitative estimate of drug-likeness (QED) is 0.797. The number of rotatable bonds is 4. The number of pyridine rings is 1. The lowest BCUT2D eigenvalue weighted by molar-refractivity contribution is -0.135. The predicted octanol–water partition coefficient (Wildman–Crippen LogP) is -0.160. The van der Waals surface area contributed by atoms with E-state index >= 15 is 0 Å². The molecule has 1 aliphatic heterocycles. The van der Waals surface area contributed by atoms with E-state index < -0.39 is 5.91 Å². The van der Waals surface area contributed by atoms with Gasteiger partial charge in [0.2, 0.25) is 11.8 Å². The van der Waals surface area contributed by atoms with Crippen LogP contribution < -0.4 is 11.1 Å². The zero-order chi connectivity index (χ0) is 14.5. The summed E-state index contributed by atoms with van der Waals surface area (Å²) in [5.74, 6) is 0.0136. The van der Waals surface area contributed by atoms with Gasteiger partial charge in [0.1, 0.15) is 11.9 Å². The van der Waals surface area contributed by atoms with E-state index in [0.717, 1.165) is 0 Å². The van der Waals surface area contributed by atoms with E-state index in [1.54, 1.807) is 24.0 Å². The van der Waals surface area contributed by atoms with Crippen molar-refractivity contribution >= 4 is 17.6 Å². The van der Waals surface area contributed by atoms with Crippen LogP contribution in [0.15, 0.2) is 18.3 Å². The van der Waals surface area contributed by atoms with Crippen molar-refractivity contribution in [1.29, 1.82) is 0 Å². The molecule has 0 bridgehead atoms. The minimum atomic E-state index is -0.526. The second-order valence-corrected chi connectivity index (χ2v) is 4.60. The Balaban J connectivity index is 1.94. The van der Waals surface area contributed by atoms with Gasteiger partial charge >= 0.3 is 0 Å². The monoisotopic (exact) mass is 278 g/mol. The molecular formula is C13H18N4O3. The number of carbonyl (C=O) groups is 2. The number of hydrogen-bond donors (Lipinski definition) is 2. The summed E-state index contributed by atoms with van der Waals surface area (Å²) in [5.41, 5.74) is 5.47. The van der Waals surface area contributed by atoms with Crippen LogP contribution in [0.2, 0.25) is 0 Å². The molecule has 1 unspecified atom stereocenters. The van der Waals surface area contributed by atoms with Crippen LogP contribution in [0.5, 0.6) is 0 Å². The topological polar surface area (TPSA) is 97.5 Å². The maximum absolute atomic E-state index is 12.2. The van der Waals surface area contributed by atoms with Crippen molar-refractivity contribution in [2.24, 2.45) is 5.73 Å². The second-order valence-electron chi connectivity index (χ2n) is 4.60. The van der Waals surface area contributed by atoms with Crippen molar-refractivity contribution in [3.8, 4) is 0 Å². The fraction of sp³-hybridized carbons (Fsp3) is 0.462. The number of nitrogens with two attached hydrogens (primary N) is 1. The van der Waals surface area contributed by atoms with Crippen LogP contribution in [0.4, 0.5) is 5.82 Å². The fourth-order valence-electron chi connectivity index (χ4n) is 1.97. The fourth-order valence-corrected chi connectivity index (χ4v) is 1.97. The van der Waals surface area contributed by atoms with E-state index in [9.17, 15) is 9.59 Å². The molecule has 0 aromatic carbocycles. The lowest BCUT2D eigenvalue weighted by atomic mass is 10.2. The molecule has 1 atom stereocenters. The Bertz CT molecular complexity index is 483. The third-order valence-electron chi connectivity index (χ3n) is 3.11. The van der Waals surface area contributed by atoms with Crippen LogP contribution in [-0.4, -0.2) is 54.0 Å². The molecule has 0 spiro atoms. The van der Waals surface area contributed by atoms with Gasteiger partial charge < -0.3 is 20.7 Å². The summed E-state index contributed by atoms with van der Waals surface area (Å²) in [7, 11) is 0. The van der Waals surface area contributed by atoms with Gasteiger partial charge in [0.25, 0.3) is 0 Å². The standard InChI is InChI=1S/C13H18N4O3/c1-9(13(19)17-4-6-20-7-5-17)16-11-3-2-10(8-15-11)12(14)18/h2-3,8-9H,4-7H2,1H3,(H2,14,18)(H,15,16). The molecule has 7 nitrogen and oxygen atoms in total. The van der Waals surface area contributed by atoms with E-state index in [-0.39, 0.29) is 11.9 Å². The number of anilines is 1. The van der Waals surface area contributed by atoms with Crippen molar-refractivity contribution in [1.82, 2.24) is 9.88 Å². The molecule has 2 heterocycles. The highest BCUT2D eigenvalue weighted by Crippen LogP contribution is 2.08. The Morgan fingerprint density at radius 1 is 1.40 bits per heavy atom. The summed E-state index contributed by atoms with van der Waals surface area (Å²) in [6.07, 6.45) is 1.39. The highest BCUT2D eigenvalue weighted by molar-refractivity contribution is 5.92. The van der Waals surface area contributed by atoms with Crippen LogP contribution in [0.25, 0.3) is 0 Å². The molecule has 1 fully saturated rings. The number of primary amides is 1. The first-order chi connectivity index (χ1) is 9.58. The molecule has 108 valence electrons. The number of nitrogens with one attached hydrogen (secondary N) is 1. The number of ether oxygens (including phenoxy) is 1. The largest absolute Gasteiger partial charge is 0.378 e. The first-order valence-electron chi connectivity index (χ1n) is 6.47. The molecule has 1 aromatic heterocycles. The van der Waals surface area contributed by atoms with Crippen molar-refractivity contribution < 1.29 is 14.3 Å². The molecule has 2 rings (SSSR count). The van der Waals surface area contributed by atoms with Gasteiger partial charge in [-0.1, -0.05) is 0 Å². The number of morpholine rings is 1. The minimum absolute atomic E-state index is 0.00841. The highest BCUT2D eigenvalue weighted by atomic mass is 16.5. The zero-order valence-electron chi connectivity index (χ0n) is 11.3. The summed E-state index contributed by atoms with van der Waals surface area (Å²) in [5, 5.41) is 3.01. The van der Waals surface area contributed by atoms with Gasteiger partial charge in [0.15, 0.2) is 0 Å². The molecule has 1 aromatic rings. The van der Waals surface area contributed by atoms with Crippen LogP contribution in [0, 0.1) is 0 Å². The number of nitrogens with zero attached hydrogens (tertiary/aromatic N) is 2. The molecular weight excluding hydrogens is 260 g/mol. The zero-order valence-corrected chi connectivity index (χ0v) is 11.3. The maximum Gasteiger partial charge on any atom is 0.250 e. The summed E-state index contributed by atoms with van der Waals surface area (Å²) in [6.45, 7) is 4.15. The third-order valence-corrected chi connectivity index (χ3v) is 3.11. The number of amides is 2. The summed E-state index contributed by atoms with van der Waals surface area (Å²) >= 11 is 0. The first-order valence-corrected chi connectivity index (χ1v) is 6.47. The van der Waals surface area contributed by atoms with Crippen molar-refractivity contribution in [3.05, 3.63) is 23.9 Å². The summed E-state index contributed by atoms with van der Waals surface area (Å²) in [4.78, 5) is 28.9. The van der Waals surface area contributed by atoms with E-state index in [4.69, 9.17) is 10.5 Å². The van der Waals surface area contributed by atoms with Gasteiger partial charge in [-0.25, -0.2) is 4.98 Å². The molecule has 0 saturated carbocycles. The molecule has 2 amide bonds. The second kappa shape index (κ2) is 6.33. The minimum Gasteiger partial charge on any atom is -0.378 e. The van der Waals surface area contributed by atoms with E-state index in [2.05, 4.69) is 10.3 Å². The Morgan fingerprint density at radius 2 is 2.10 bits per heavy atom. The average molecular weight is 278 g/mol. The lowest BCUT2D eigenvalue weighted by Gasteiger charge is -2.29. The Labute approximate surface area is 117 Å². The van der Waals surface area contributed by atoms with Gasteiger partial charge in [-0.05, 0) is 19.1 Å². The van der Waals surface area contributed by atoms with Gasteiger partial charge in [-0.15, -0.1) is 0 Å². The lowest BCUT2D eigenvalue weighted by Crippen LogP contribution is -2.47. The van der Waals surface area contributed by atoms with Crippen LogP contribution in [0.1, 0.15) is 17.3 Å². The van der Waals surface area contributed by atoms with Crippen LogP contribution >= 0.6 is 0 Å². The predicted molar refractivity (Wildman–Crippen MR) is 73.2 cm³/mol. The van der Waals surface area contributed by atoms with E-state index in [1.165, 1.54) is 6.20 Å². The summed E-state index contributed by atoms with van der Waals surface area (Å²) < 4.78 is 5.21. The van der Waals surface area contributed by atoms with Crippen LogP contribution in [-0.2, 0) is 9.53 Å². The molecule has 7 heteroatoms. The number of carbonyl (C=O) groups excluding carboxylic acids is 2. The molecule has 1 aliphatic rings. The molecule has 3 N–H and O–H groups in total. The Hall–Kier alpha value is -2.15. The normalized spacial score (nSPS) is 16.6. The number of hydrogen-bond acceptors (Lipinski definition) is 5. The van der Waals surface area contributed by atoms with Gasteiger partial charge in [0, 0.05) is 19.3 Å². The first kappa shape index (κ1) is 14.3. The molecule has 0 aliphatic carbocycles. The third kappa shape index (κ3) is 3.45. The van der Waals surface area contributed by atoms with Gasteiger partial charge in [-0.3, -0.25) is 9.59 Å². The molecule has 1 saturated heterocycles. The van der Waals surface area contributed by atoms with E-state index in [1.807, 2.05) is 0 Å². The smallest absolute Gasteiger partial charge is 0.250 e. The number of aromatic nitrogens is 1. The average Bonchev–Trinajstić information content (AvgIpc) is 2.48. The molecule has 20 heavy (non-hydrogen) atoms.